The fourth-order valence-electron chi connectivity index (χ4n) is 3.65. The summed E-state index contributed by atoms with van der Waals surface area (Å²) in [5.41, 5.74) is 0.655. The number of nitrogens with one attached hydrogen (secondary N) is 1. The number of hydrogen-bond acceptors (Lipinski definition) is 3. The third kappa shape index (κ3) is 4.02. The minimum Gasteiger partial charge on any atom is -0.393 e. The first-order valence-electron chi connectivity index (χ1n) is 8.58. The van der Waals surface area contributed by atoms with Gasteiger partial charge in [0.15, 0.2) is 0 Å². The van der Waals surface area contributed by atoms with Crippen molar-refractivity contribution < 1.29 is 14.3 Å². The van der Waals surface area contributed by atoms with Crippen LogP contribution in [0.2, 0.25) is 0 Å². The van der Waals surface area contributed by atoms with E-state index in [0.717, 1.165) is 45.2 Å². The zero-order chi connectivity index (χ0) is 16.2. The lowest BCUT2D eigenvalue weighted by molar-refractivity contribution is -0.126. The summed E-state index contributed by atoms with van der Waals surface area (Å²) < 4.78 is 13.8. The number of carbonyl (C=O) groups excluding carboxylic acids is 1. The third-order valence-corrected chi connectivity index (χ3v) is 5.11. The van der Waals surface area contributed by atoms with Gasteiger partial charge in [0.25, 0.3) is 0 Å². The number of rotatable bonds is 4. The molecule has 4 nitrogen and oxygen atoms in total. The van der Waals surface area contributed by atoms with E-state index in [4.69, 9.17) is 0 Å². The number of halogens is 1. The smallest absolute Gasteiger partial charge is 0.223 e. The molecular formula is C18H25FN2O2. The van der Waals surface area contributed by atoms with E-state index in [2.05, 4.69) is 10.2 Å². The quantitative estimate of drug-likeness (QED) is 0.895. The molecule has 1 atom stereocenters. The lowest BCUT2D eigenvalue weighted by Gasteiger charge is -2.25. The number of para-hydroxylation sites is 1. The van der Waals surface area contributed by atoms with Gasteiger partial charge in [0.1, 0.15) is 5.82 Å². The molecular weight excluding hydrogens is 295 g/mol. The van der Waals surface area contributed by atoms with Gasteiger partial charge < -0.3 is 15.3 Å². The number of carbonyl (C=O) groups is 1. The van der Waals surface area contributed by atoms with Gasteiger partial charge in [0.05, 0.1) is 11.8 Å². The Morgan fingerprint density at radius 3 is 2.70 bits per heavy atom. The van der Waals surface area contributed by atoms with Crippen LogP contribution < -0.4 is 10.2 Å². The molecule has 2 aliphatic rings. The van der Waals surface area contributed by atoms with Gasteiger partial charge in [-0.25, -0.2) is 4.39 Å². The first-order valence-corrected chi connectivity index (χ1v) is 8.58. The molecule has 0 spiro atoms. The molecule has 2 N–H and O–H groups in total. The summed E-state index contributed by atoms with van der Waals surface area (Å²) >= 11 is 0. The average molecular weight is 320 g/mol. The second-order valence-corrected chi connectivity index (χ2v) is 6.80. The van der Waals surface area contributed by atoms with E-state index >= 15 is 0 Å². The summed E-state index contributed by atoms with van der Waals surface area (Å²) in [7, 11) is 0. The predicted octanol–water partition coefficient (Wildman–Crippen LogP) is 2.32. The first-order chi connectivity index (χ1) is 11.1. The van der Waals surface area contributed by atoms with Crippen LogP contribution in [0.25, 0.3) is 0 Å². The highest BCUT2D eigenvalue weighted by Gasteiger charge is 2.28. The molecule has 1 aliphatic carbocycles. The Kier molecular flexibility index (Phi) is 5.16. The minimum absolute atomic E-state index is 0.0440. The molecule has 0 radical (unpaired) electrons. The Morgan fingerprint density at radius 2 is 1.96 bits per heavy atom. The molecule has 1 amide bonds. The Hall–Kier alpha value is -1.62. The molecule has 126 valence electrons. The molecule has 1 unspecified atom stereocenters. The first kappa shape index (κ1) is 16.2. The second kappa shape index (κ2) is 7.30. The summed E-state index contributed by atoms with van der Waals surface area (Å²) in [5.74, 6) is 0.342. The van der Waals surface area contributed by atoms with Crippen LogP contribution in [0.5, 0.6) is 0 Å². The molecule has 2 fully saturated rings. The molecule has 1 aromatic rings. The van der Waals surface area contributed by atoms with E-state index in [1.165, 1.54) is 6.07 Å². The normalized spacial score (nSPS) is 27.9. The van der Waals surface area contributed by atoms with Crippen LogP contribution in [0.15, 0.2) is 24.3 Å². The summed E-state index contributed by atoms with van der Waals surface area (Å²) in [6.07, 6.45) is 3.74. The van der Waals surface area contributed by atoms with E-state index < -0.39 is 0 Å². The fraction of sp³-hybridized carbons (Fsp3) is 0.611. The molecule has 1 saturated heterocycles. The maximum Gasteiger partial charge on any atom is 0.223 e. The van der Waals surface area contributed by atoms with E-state index in [0.29, 0.717) is 18.2 Å². The van der Waals surface area contributed by atoms with Crippen LogP contribution in [0.1, 0.15) is 32.1 Å². The number of amides is 1. The highest BCUT2D eigenvalue weighted by atomic mass is 19.1. The van der Waals surface area contributed by atoms with Gasteiger partial charge >= 0.3 is 0 Å². The van der Waals surface area contributed by atoms with E-state index in [9.17, 15) is 14.3 Å². The Balaban J connectivity index is 1.45. The van der Waals surface area contributed by atoms with E-state index in [-0.39, 0.29) is 23.7 Å². The number of hydrogen-bond donors (Lipinski definition) is 2. The zero-order valence-corrected chi connectivity index (χ0v) is 13.4. The van der Waals surface area contributed by atoms with Crippen molar-refractivity contribution >= 4 is 11.6 Å². The lowest BCUT2D eigenvalue weighted by Crippen LogP contribution is -2.37. The van der Waals surface area contributed by atoms with Gasteiger partial charge in [-0.1, -0.05) is 12.1 Å². The van der Waals surface area contributed by atoms with Crippen LogP contribution in [0.4, 0.5) is 10.1 Å². The molecule has 1 aromatic carbocycles. The van der Waals surface area contributed by atoms with Gasteiger partial charge in [0.2, 0.25) is 5.91 Å². The zero-order valence-electron chi connectivity index (χ0n) is 13.4. The third-order valence-electron chi connectivity index (χ3n) is 5.11. The SMILES string of the molecule is O=C(NCC1CCN(c2ccccc2F)C1)C1CCC(O)CC1. The van der Waals surface area contributed by atoms with Crippen molar-refractivity contribution in [3.8, 4) is 0 Å². The van der Waals surface area contributed by atoms with Crippen molar-refractivity contribution in [2.75, 3.05) is 24.5 Å². The summed E-state index contributed by atoms with van der Waals surface area (Å²) in [6.45, 7) is 2.27. The topological polar surface area (TPSA) is 52.6 Å². The minimum atomic E-state index is -0.233. The number of aliphatic hydroxyl groups is 1. The number of nitrogens with zero attached hydrogens (tertiary/aromatic N) is 1. The van der Waals surface area contributed by atoms with Gasteiger partial charge in [-0.3, -0.25) is 4.79 Å². The second-order valence-electron chi connectivity index (χ2n) is 6.80. The van der Waals surface area contributed by atoms with Crippen LogP contribution in [0.3, 0.4) is 0 Å². The monoisotopic (exact) mass is 320 g/mol. The van der Waals surface area contributed by atoms with Crippen molar-refractivity contribution in [1.82, 2.24) is 5.32 Å². The molecule has 0 bridgehead atoms. The van der Waals surface area contributed by atoms with Crippen molar-refractivity contribution in [1.29, 1.82) is 0 Å². The number of benzene rings is 1. The fourth-order valence-corrected chi connectivity index (χ4v) is 3.65. The number of aliphatic hydroxyl groups excluding tert-OH is 1. The Labute approximate surface area is 136 Å². The van der Waals surface area contributed by atoms with E-state index in [1.807, 2.05) is 12.1 Å². The maximum atomic E-state index is 13.8. The molecule has 1 heterocycles. The standard InChI is InChI=1S/C18H25FN2O2/c19-16-3-1-2-4-17(16)21-10-9-13(12-21)11-20-18(23)14-5-7-15(22)8-6-14/h1-4,13-15,22H,5-12H2,(H,20,23). The predicted molar refractivity (Wildman–Crippen MR) is 87.7 cm³/mol. The Bertz CT molecular complexity index is 544. The van der Waals surface area contributed by atoms with Crippen LogP contribution >= 0.6 is 0 Å². The summed E-state index contributed by atoms with van der Waals surface area (Å²) in [4.78, 5) is 14.3. The van der Waals surface area contributed by atoms with Crippen molar-refractivity contribution in [3.05, 3.63) is 30.1 Å². The van der Waals surface area contributed by atoms with E-state index in [1.54, 1.807) is 6.07 Å². The van der Waals surface area contributed by atoms with Gasteiger partial charge in [0, 0.05) is 25.6 Å². The molecule has 1 saturated carbocycles. The van der Waals surface area contributed by atoms with Gasteiger partial charge in [-0.2, -0.15) is 0 Å². The van der Waals surface area contributed by atoms with Gasteiger partial charge in [-0.15, -0.1) is 0 Å². The lowest BCUT2D eigenvalue weighted by atomic mass is 9.87. The molecule has 23 heavy (non-hydrogen) atoms. The molecule has 5 heteroatoms. The van der Waals surface area contributed by atoms with Crippen LogP contribution in [-0.2, 0) is 4.79 Å². The Morgan fingerprint density at radius 1 is 1.22 bits per heavy atom. The molecule has 1 aliphatic heterocycles. The summed E-state index contributed by atoms with van der Waals surface area (Å²) in [6, 6.07) is 6.85. The largest absolute Gasteiger partial charge is 0.393 e. The van der Waals surface area contributed by atoms with Gasteiger partial charge in [-0.05, 0) is 50.2 Å². The maximum absolute atomic E-state index is 13.8. The average Bonchev–Trinajstić information content (AvgIpc) is 3.02. The molecule has 0 aromatic heterocycles. The van der Waals surface area contributed by atoms with Crippen molar-refractivity contribution in [3.63, 3.8) is 0 Å². The highest BCUT2D eigenvalue weighted by molar-refractivity contribution is 5.78. The molecule has 3 rings (SSSR count). The van der Waals surface area contributed by atoms with Crippen LogP contribution in [-0.4, -0.2) is 36.8 Å². The van der Waals surface area contributed by atoms with Crippen LogP contribution in [0, 0.1) is 17.7 Å². The summed E-state index contributed by atoms with van der Waals surface area (Å²) in [5, 5.41) is 12.6. The number of anilines is 1. The highest BCUT2D eigenvalue weighted by Crippen LogP contribution is 2.27. The van der Waals surface area contributed by atoms with Crippen molar-refractivity contribution in [2.24, 2.45) is 11.8 Å². The van der Waals surface area contributed by atoms with Crippen molar-refractivity contribution in [2.45, 2.75) is 38.2 Å².